The number of methoxy groups -OCH3 is 1. The van der Waals surface area contributed by atoms with Gasteiger partial charge in [0.1, 0.15) is 17.7 Å². The van der Waals surface area contributed by atoms with Crippen LogP contribution < -0.4 is 16.1 Å². The molecular weight excluding hydrogens is 364 g/mol. The lowest BCUT2D eigenvalue weighted by atomic mass is 10.1. The van der Waals surface area contributed by atoms with Gasteiger partial charge in [0.25, 0.3) is 0 Å². The average molecular weight is 386 g/mol. The quantitative estimate of drug-likeness (QED) is 0.279. The zero-order chi connectivity index (χ0) is 21.2. The van der Waals surface area contributed by atoms with Crippen LogP contribution in [0.3, 0.4) is 0 Å². The first-order chi connectivity index (χ1) is 13.2. The number of nitrogens with zero attached hydrogens (tertiary/aromatic N) is 3. The number of alkyl carbamates (subject to hydrolysis) is 1. The largest absolute Gasteiger partial charge is 0.465 e. The molecule has 0 fully saturated rings. The number of nitriles is 2. The number of hydrogen-bond acceptors (Lipinski definition) is 9. The minimum absolute atomic E-state index is 0.257. The summed E-state index contributed by atoms with van der Waals surface area (Å²) in [6, 6.07) is 7.86. The number of ether oxygens (including phenoxy) is 2. The minimum atomic E-state index is -0.588. The molecule has 1 amide bonds. The number of nitrogens with one attached hydrogen (secondary N) is 3. The van der Waals surface area contributed by atoms with Gasteiger partial charge >= 0.3 is 12.1 Å². The number of hydrogen-bond donors (Lipinski definition) is 3. The Balaban J connectivity index is 2.82. The van der Waals surface area contributed by atoms with E-state index in [4.69, 9.17) is 15.3 Å². The number of benzene rings is 1. The van der Waals surface area contributed by atoms with E-state index in [1.165, 1.54) is 13.2 Å². The highest BCUT2D eigenvalue weighted by Crippen LogP contribution is 2.23. The molecule has 148 valence electrons. The third kappa shape index (κ3) is 7.62. The zero-order valence-electron chi connectivity index (χ0n) is 16.1. The molecule has 0 spiro atoms. The maximum absolute atomic E-state index is 11.7. The Morgan fingerprint density at radius 3 is 2.39 bits per heavy atom. The summed E-state index contributed by atoms with van der Waals surface area (Å²) >= 11 is 0. The third-order valence-corrected chi connectivity index (χ3v) is 3.05. The van der Waals surface area contributed by atoms with Crippen LogP contribution >= 0.6 is 0 Å². The van der Waals surface area contributed by atoms with Gasteiger partial charge in [0.15, 0.2) is 0 Å². The van der Waals surface area contributed by atoms with Crippen molar-refractivity contribution in [3.8, 4) is 12.1 Å². The SMILES string of the molecule is COC(=O)c1ccc(NCCNC(=O)OC(C)(C)C)c(NN=C(C#N)C#N)c1. The minimum Gasteiger partial charge on any atom is -0.465 e. The second kappa shape index (κ2) is 10.4. The van der Waals surface area contributed by atoms with Crippen molar-refractivity contribution < 1.29 is 19.1 Å². The Bertz CT molecular complexity index is 814. The van der Waals surface area contributed by atoms with Crippen molar-refractivity contribution in [1.29, 1.82) is 10.5 Å². The number of anilines is 2. The van der Waals surface area contributed by atoms with Crippen molar-refractivity contribution >= 4 is 29.1 Å². The van der Waals surface area contributed by atoms with E-state index in [1.807, 2.05) is 0 Å². The molecule has 0 aliphatic carbocycles. The average Bonchev–Trinajstić information content (AvgIpc) is 2.64. The van der Waals surface area contributed by atoms with Gasteiger partial charge in [-0.1, -0.05) is 0 Å². The van der Waals surface area contributed by atoms with Crippen LogP contribution in [-0.4, -0.2) is 43.6 Å². The Kier molecular flexibility index (Phi) is 8.25. The van der Waals surface area contributed by atoms with Crippen molar-refractivity contribution in [1.82, 2.24) is 5.32 Å². The Labute approximate surface area is 163 Å². The molecule has 0 aliphatic rings. The predicted molar refractivity (Wildman–Crippen MR) is 103 cm³/mol. The summed E-state index contributed by atoms with van der Waals surface area (Å²) in [6.45, 7) is 5.92. The van der Waals surface area contributed by atoms with Gasteiger partial charge in [-0.25, -0.2) is 9.59 Å². The molecule has 0 radical (unpaired) electrons. The molecule has 1 aromatic rings. The summed E-state index contributed by atoms with van der Waals surface area (Å²) in [5.74, 6) is -0.550. The van der Waals surface area contributed by atoms with Crippen molar-refractivity contribution in [2.45, 2.75) is 26.4 Å². The fourth-order valence-corrected chi connectivity index (χ4v) is 1.90. The van der Waals surface area contributed by atoms with Crippen LogP contribution in [0.25, 0.3) is 0 Å². The van der Waals surface area contributed by atoms with Crippen molar-refractivity contribution in [2.75, 3.05) is 30.9 Å². The van der Waals surface area contributed by atoms with Crippen molar-refractivity contribution in [3.05, 3.63) is 23.8 Å². The molecule has 0 saturated heterocycles. The van der Waals surface area contributed by atoms with E-state index in [0.717, 1.165) is 0 Å². The number of amides is 1. The van der Waals surface area contributed by atoms with Crippen LogP contribution in [0.5, 0.6) is 0 Å². The number of rotatable bonds is 7. The van der Waals surface area contributed by atoms with Crippen molar-refractivity contribution in [2.24, 2.45) is 5.10 Å². The van der Waals surface area contributed by atoms with Crippen LogP contribution in [0.2, 0.25) is 0 Å². The van der Waals surface area contributed by atoms with Crippen LogP contribution in [-0.2, 0) is 9.47 Å². The van der Waals surface area contributed by atoms with E-state index in [0.29, 0.717) is 17.9 Å². The Morgan fingerprint density at radius 2 is 1.82 bits per heavy atom. The molecule has 0 unspecified atom stereocenters. The highest BCUT2D eigenvalue weighted by Gasteiger charge is 2.15. The topological polar surface area (TPSA) is 149 Å². The van der Waals surface area contributed by atoms with Gasteiger partial charge in [0, 0.05) is 13.1 Å². The van der Waals surface area contributed by atoms with Gasteiger partial charge in [-0.3, -0.25) is 5.43 Å². The van der Waals surface area contributed by atoms with E-state index in [9.17, 15) is 9.59 Å². The standard InChI is InChI=1S/C18H22N6O4/c1-18(2,3)28-17(26)22-8-7-21-14-6-5-12(16(25)27-4)9-15(14)24-23-13(10-19)11-20/h5-6,9,21,24H,7-8H2,1-4H3,(H,22,26). The normalized spacial score (nSPS) is 9.93. The van der Waals surface area contributed by atoms with Gasteiger partial charge < -0.3 is 20.1 Å². The summed E-state index contributed by atoms with van der Waals surface area (Å²) in [7, 11) is 1.26. The highest BCUT2D eigenvalue weighted by atomic mass is 16.6. The summed E-state index contributed by atoms with van der Waals surface area (Å²) in [4.78, 5) is 23.3. The van der Waals surface area contributed by atoms with E-state index in [2.05, 4.69) is 25.9 Å². The summed E-state index contributed by atoms with van der Waals surface area (Å²) in [5.41, 5.74) is 2.76. The van der Waals surface area contributed by atoms with Crippen LogP contribution in [0.15, 0.2) is 23.3 Å². The number of carbonyl (C=O) groups excluding carboxylic acids is 2. The molecule has 1 aromatic carbocycles. The molecule has 10 heteroatoms. The fourth-order valence-electron chi connectivity index (χ4n) is 1.90. The maximum Gasteiger partial charge on any atom is 0.407 e. The molecule has 0 atom stereocenters. The second-order valence-electron chi connectivity index (χ2n) is 6.40. The molecule has 0 heterocycles. The molecule has 0 aliphatic heterocycles. The molecule has 1 rings (SSSR count). The first-order valence-corrected chi connectivity index (χ1v) is 8.27. The molecule has 3 N–H and O–H groups in total. The highest BCUT2D eigenvalue weighted by molar-refractivity contribution is 6.10. The lowest BCUT2D eigenvalue weighted by Crippen LogP contribution is -2.35. The zero-order valence-corrected chi connectivity index (χ0v) is 16.1. The summed E-state index contributed by atoms with van der Waals surface area (Å²) in [5, 5.41) is 26.9. The maximum atomic E-state index is 11.7. The van der Waals surface area contributed by atoms with E-state index in [1.54, 1.807) is 45.0 Å². The lowest BCUT2D eigenvalue weighted by molar-refractivity contribution is 0.0528. The number of hydrazone groups is 1. The molecule has 10 nitrogen and oxygen atoms in total. The Hall–Kier alpha value is -3.79. The molecule has 0 aromatic heterocycles. The van der Waals surface area contributed by atoms with E-state index >= 15 is 0 Å². The summed E-state index contributed by atoms with van der Waals surface area (Å²) in [6.07, 6.45) is -0.536. The predicted octanol–water partition coefficient (Wildman–Crippen LogP) is 2.22. The first-order valence-electron chi connectivity index (χ1n) is 8.27. The molecule has 0 saturated carbocycles. The number of carbonyl (C=O) groups is 2. The van der Waals surface area contributed by atoms with Gasteiger partial charge in [-0.2, -0.15) is 15.6 Å². The van der Waals surface area contributed by atoms with E-state index in [-0.39, 0.29) is 17.8 Å². The van der Waals surface area contributed by atoms with Crippen LogP contribution in [0.1, 0.15) is 31.1 Å². The van der Waals surface area contributed by atoms with Crippen molar-refractivity contribution in [3.63, 3.8) is 0 Å². The van der Waals surface area contributed by atoms with E-state index < -0.39 is 17.7 Å². The first kappa shape index (κ1) is 22.3. The van der Waals surface area contributed by atoms with Gasteiger partial charge in [0.05, 0.1) is 24.0 Å². The smallest absolute Gasteiger partial charge is 0.407 e. The monoisotopic (exact) mass is 386 g/mol. The van der Waals surface area contributed by atoms with Crippen LogP contribution in [0.4, 0.5) is 16.2 Å². The molecular formula is C18H22N6O4. The third-order valence-electron chi connectivity index (χ3n) is 3.05. The molecule has 28 heavy (non-hydrogen) atoms. The van der Waals surface area contributed by atoms with Crippen LogP contribution in [0, 0.1) is 22.7 Å². The molecule has 0 bridgehead atoms. The Morgan fingerprint density at radius 1 is 1.14 bits per heavy atom. The fraction of sp³-hybridized carbons (Fsp3) is 0.389. The second-order valence-corrected chi connectivity index (χ2v) is 6.40. The van der Waals surface area contributed by atoms with Gasteiger partial charge in [-0.05, 0) is 39.0 Å². The lowest BCUT2D eigenvalue weighted by Gasteiger charge is -2.20. The van der Waals surface area contributed by atoms with Gasteiger partial charge in [0.2, 0.25) is 5.71 Å². The number of esters is 1. The summed E-state index contributed by atoms with van der Waals surface area (Å²) < 4.78 is 9.81. The van der Waals surface area contributed by atoms with Gasteiger partial charge in [-0.15, -0.1) is 0 Å².